The lowest BCUT2D eigenvalue weighted by Gasteiger charge is -2.49. The Morgan fingerprint density at radius 1 is 0.696 bits per heavy atom. The van der Waals surface area contributed by atoms with Gasteiger partial charge in [0.2, 0.25) is 0 Å². The first-order valence-corrected chi connectivity index (χ1v) is 4.83. The molecule has 0 amide bonds. The molecule has 0 aromatic rings. The molecule has 0 bridgehead atoms. The fourth-order valence-electron chi connectivity index (χ4n) is 1.41. The average Bonchev–Trinajstić information content (AvgIpc) is 2.21. The Balaban J connectivity index is 3.61. The Kier molecular flexibility index (Phi) is 4.11. The van der Waals surface area contributed by atoms with E-state index in [9.17, 15) is 61.5 Å². The van der Waals surface area contributed by atoms with Crippen LogP contribution in [0.25, 0.3) is 0 Å². The van der Waals surface area contributed by atoms with Crippen molar-refractivity contribution in [3.05, 3.63) is 0 Å². The van der Waals surface area contributed by atoms with Crippen molar-refractivity contribution in [2.45, 2.75) is 42.7 Å². The molecule has 138 valence electrons. The van der Waals surface area contributed by atoms with E-state index in [1.54, 1.807) is 4.74 Å². The van der Waals surface area contributed by atoms with Crippen molar-refractivity contribution in [2.75, 3.05) is 0 Å². The predicted molar refractivity (Wildman–Crippen MR) is 38.6 cm³/mol. The number of ether oxygens (including phenoxy) is 1. The molecule has 1 fully saturated rings. The normalized spacial score (nSPS) is 28.4. The third kappa shape index (κ3) is 2.68. The lowest BCUT2D eigenvalue weighted by molar-refractivity contribution is -0.589. The molecule has 0 spiro atoms. The molecular weight excluding hydrogens is 380 g/mol. The number of halogens is 14. The third-order valence-electron chi connectivity index (χ3n) is 2.41. The van der Waals surface area contributed by atoms with Crippen molar-refractivity contribution in [3.63, 3.8) is 0 Å². The number of alkyl halides is 14. The number of nitrogens with zero attached hydrogens (tertiary/aromatic N) is 1. The second-order valence-electron chi connectivity index (χ2n) is 4.05. The SMILES string of the molecule is FC(C(F)(F)F)C(F)(F)N1C(F)(F)C(F)(F)OC(F)(F)C1(F)F. The number of hydrogen-bond acceptors (Lipinski definition) is 2. The molecule has 0 radical (unpaired) electrons. The second kappa shape index (κ2) is 4.73. The minimum absolute atomic E-state index is 1.74. The molecule has 1 aliphatic rings. The van der Waals surface area contributed by atoms with Crippen molar-refractivity contribution < 1.29 is 66.2 Å². The minimum atomic E-state index is -7.21. The zero-order valence-electron chi connectivity index (χ0n) is 9.72. The average molecular weight is 381 g/mol. The summed E-state index contributed by atoms with van der Waals surface area (Å²) in [5, 5.41) is 0. The highest BCUT2D eigenvalue weighted by atomic mass is 19.4. The molecule has 2 nitrogen and oxygen atoms in total. The van der Waals surface area contributed by atoms with E-state index in [0.717, 1.165) is 0 Å². The van der Waals surface area contributed by atoms with Gasteiger partial charge in [0.25, 0.3) is 6.17 Å². The summed E-state index contributed by atoms with van der Waals surface area (Å²) >= 11 is 0. The zero-order chi connectivity index (χ0) is 18.9. The van der Waals surface area contributed by atoms with E-state index in [-0.39, 0.29) is 0 Å². The van der Waals surface area contributed by atoms with Gasteiger partial charge < -0.3 is 0 Å². The molecule has 1 atom stereocenters. The van der Waals surface area contributed by atoms with Crippen LogP contribution in [0.1, 0.15) is 0 Å². The van der Waals surface area contributed by atoms with Gasteiger partial charge in [-0.2, -0.15) is 57.1 Å². The van der Waals surface area contributed by atoms with Gasteiger partial charge in [-0.15, -0.1) is 4.90 Å². The highest BCUT2D eigenvalue weighted by Gasteiger charge is 2.88. The van der Waals surface area contributed by atoms with E-state index >= 15 is 0 Å². The summed E-state index contributed by atoms with van der Waals surface area (Å²) in [4.78, 5) is -3.84. The van der Waals surface area contributed by atoms with Crippen LogP contribution < -0.4 is 0 Å². The topological polar surface area (TPSA) is 12.5 Å². The maximum atomic E-state index is 13.0. The molecule has 23 heavy (non-hydrogen) atoms. The van der Waals surface area contributed by atoms with Crippen molar-refractivity contribution in [3.8, 4) is 0 Å². The Bertz CT molecular complexity index is 442. The zero-order valence-corrected chi connectivity index (χ0v) is 9.72. The highest BCUT2D eigenvalue weighted by Crippen LogP contribution is 2.60. The monoisotopic (exact) mass is 381 g/mol. The molecular formula is C7HF14NO. The third-order valence-corrected chi connectivity index (χ3v) is 2.41. The van der Waals surface area contributed by atoms with E-state index in [4.69, 9.17) is 0 Å². The van der Waals surface area contributed by atoms with Crippen LogP contribution in [0, 0.1) is 0 Å². The van der Waals surface area contributed by atoms with Crippen LogP contribution in [0.5, 0.6) is 0 Å². The lowest BCUT2D eigenvalue weighted by atomic mass is 10.2. The molecule has 1 unspecified atom stereocenters. The molecule has 1 aliphatic heterocycles. The number of morpholine rings is 1. The summed E-state index contributed by atoms with van der Waals surface area (Å²) in [5.74, 6) is 0. The fourth-order valence-corrected chi connectivity index (χ4v) is 1.41. The summed E-state index contributed by atoms with van der Waals surface area (Å²) in [6.07, 6.45) is -26.3. The molecule has 0 aromatic carbocycles. The Morgan fingerprint density at radius 3 is 1.26 bits per heavy atom. The maximum Gasteiger partial charge on any atom is 0.439 e. The summed E-state index contributed by atoms with van der Waals surface area (Å²) in [5.41, 5.74) is 0. The highest BCUT2D eigenvalue weighted by molar-refractivity contribution is 5.00. The van der Waals surface area contributed by atoms with Gasteiger partial charge in [-0.05, 0) is 0 Å². The van der Waals surface area contributed by atoms with Gasteiger partial charge in [0.1, 0.15) is 0 Å². The largest absolute Gasteiger partial charge is 0.439 e. The van der Waals surface area contributed by atoms with E-state index in [2.05, 4.69) is 0 Å². The van der Waals surface area contributed by atoms with E-state index in [1.807, 2.05) is 0 Å². The van der Waals surface area contributed by atoms with Crippen LogP contribution in [0.3, 0.4) is 0 Å². The molecule has 16 heteroatoms. The lowest BCUT2D eigenvalue weighted by Crippen LogP contribution is -2.79. The first kappa shape index (κ1) is 20.0. The Hall–Kier alpha value is -1.06. The minimum Gasteiger partial charge on any atom is -0.243 e. The van der Waals surface area contributed by atoms with Crippen molar-refractivity contribution in [1.82, 2.24) is 4.90 Å². The van der Waals surface area contributed by atoms with E-state index in [1.165, 1.54) is 0 Å². The Morgan fingerprint density at radius 2 is 1.00 bits per heavy atom. The Labute approximate surface area is 115 Å². The van der Waals surface area contributed by atoms with E-state index in [0.29, 0.717) is 0 Å². The molecule has 1 saturated heterocycles. The first-order chi connectivity index (χ1) is 9.73. The molecule has 0 aliphatic carbocycles. The van der Waals surface area contributed by atoms with Crippen LogP contribution in [-0.4, -0.2) is 47.6 Å². The summed E-state index contributed by atoms with van der Waals surface area (Å²) in [6, 6.07) is -21.5. The van der Waals surface area contributed by atoms with Crippen molar-refractivity contribution in [1.29, 1.82) is 0 Å². The van der Waals surface area contributed by atoms with Gasteiger partial charge in [-0.25, -0.2) is 9.13 Å². The van der Waals surface area contributed by atoms with Crippen LogP contribution in [-0.2, 0) is 4.74 Å². The number of hydrogen-bond donors (Lipinski definition) is 0. The van der Waals surface area contributed by atoms with Gasteiger partial charge in [0.15, 0.2) is 0 Å². The molecule has 0 N–H and O–H groups in total. The van der Waals surface area contributed by atoms with Gasteiger partial charge in [0.05, 0.1) is 0 Å². The van der Waals surface area contributed by atoms with Crippen LogP contribution in [0.2, 0.25) is 0 Å². The molecule has 0 saturated carbocycles. The van der Waals surface area contributed by atoms with Crippen LogP contribution in [0.4, 0.5) is 61.5 Å². The van der Waals surface area contributed by atoms with Gasteiger partial charge in [-0.1, -0.05) is 0 Å². The van der Waals surface area contributed by atoms with Crippen LogP contribution in [0.15, 0.2) is 0 Å². The first-order valence-electron chi connectivity index (χ1n) is 4.83. The summed E-state index contributed by atoms with van der Waals surface area (Å²) in [7, 11) is 0. The van der Waals surface area contributed by atoms with Gasteiger partial charge in [0, 0.05) is 0 Å². The second-order valence-corrected chi connectivity index (χ2v) is 4.05. The summed E-state index contributed by atoms with van der Waals surface area (Å²) < 4.78 is 178. The van der Waals surface area contributed by atoms with E-state index < -0.39 is 47.6 Å². The van der Waals surface area contributed by atoms with Crippen LogP contribution >= 0.6 is 0 Å². The number of rotatable bonds is 2. The molecule has 1 rings (SSSR count). The standard InChI is InChI=1S/C7HF14NO/c8-1(2(9,10)11)3(12,13)22-4(14,15)6(18,19)23-7(20,21)5(22,16)17/h1H. The smallest absolute Gasteiger partial charge is 0.243 e. The quantitative estimate of drug-likeness (QED) is 0.526. The molecule has 0 aromatic heterocycles. The van der Waals surface area contributed by atoms with Gasteiger partial charge >= 0.3 is 36.5 Å². The summed E-state index contributed by atoms with van der Waals surface area (Å²) in [6.45, 7) is 0. The maximum absolute atomic E-state index is 13.0. The van der Waals surface area contributed by atoms with Crippen molar-refractivity contribution in [2.24, 2.45) is 0 Å². The van der Waals surface area contributed by atoms with Gasteiger partial charge in [-0.3, -0.25) is 0 Å². The van der Waals surface area contributed by atoms with Crippen molar-refractivity contribution >= 4 is 0 Å². The predicted octanol–water partition coefficient (Wildman–Crippen LogP) is 4.18. The molecule has 1 heterocycles. The fraction of sp³-hybridized carbons (Fsp3) is 1.00.